The Morgan fingerprint density at radius 3 is 2.02 bits per heavy atom. The van der Waals surface area contributed by atoms with Crippen molar-refractivity contribution in [1.82, 2.24) is 4.98 Å². The molecule has 0 saturated heterocycles. The van der Waals surface area contributed by atoms with Gasteiger partial charge in [-0.15, -0.1) is 11.3 Å². The zero-order chi connectivity index (χ0) is 28.3. The van der Waals surface area contributed by atoms with E-state index >= 15 is 0 Å². The highest BCUT2D eigenvalue weighted by Gasteiger charge is 2.18. The molecule has 0 amide bonds. The zero-order valence-electron chi connectivity index (χ0n) is 23.1. The first-order chi connectivity index (χ1) is 21.3. The Morgan fingerprint density at radius 1 is 0.512 bits per heavy atom. The summed E-state index contributed by atoms with van der Waals surface area (Å²) >= 11 is 1.84. The third kappa shape index (κ3) is 3.92. The van der Waals surface area contributed by atoms with Crippen LogP contribution in [0.25, 0.3) is 64.1 Å². The van der Waals surface area contributed by atoms with E-state index in [0.717, 1.165) is 49.9 Å². The van der Waals surface area contributed by atoms with Crippen LogP contribution < -0.4 is 4.90 Å². The molecular formula is C39H24N2OS. The van der Waals surface area contributed by atoms with Crippen molar-refractivity contribution >= 4 is 81.4 Å². The van der Waals surface area contributed by atoms with Gasteiger partial charge in [0.25, 0.3) is 0 Å². The second-order valence-corrected chi connectivity index (χ2v) is 11.9. The van der Waals surface area contributed by atoms with Gasteiger partial charge in [-0.3, -0.25) is 4.98 Å². The Kier molecular flexibility index (Phi) is 5.37. The van der Waals surface area contributed by atoms with Gasteiger partial charge in [0.1, 0.15) is 11.1 Å². The SMILES string of the molecule is c1ccc(-c2ccc(N(c3ccc4c(c3)oc3c5ccccc5cnc43)c3ccc4c(c3)sc3ccccc34)cc2)cc1. The van der Waals surface area contributed by atoms with Crippen molar-refractivity contribution in [3.8, 4) is 11.1 Å². The fourth-order valence-electron chi connectivity index (χ4n) is 6.21. The molecule has 0 unspecified atom stereocenters. The molecular weight excluding hydrogens is 545 g/mol. The topological polar surface area (TPSA) is 29.3 Å². The smallest absolute Gasteiger partial charge is 0.161 e. The van der Waals surface area contributed by atoms with Gasteiger partial charge in [0.05, 0.1) is 0 Å². The molecule has 43 heavy (non-hydrogen) atoms. The van der Waals surface area contributed by atoms with Crippen LogP contribution in [0.2, 0.25) is 0 Å². The second-order valence-electron chi connectivity index (χ2n) is 10.8. The minimum atomic E-state index is 0.824. The van der Waals surface area contributed by atoms with E-state index in [1.54, 1.807) is 0 Å². The highest BCUT2D eigenvalue weighted by Crippen LogP contribution is 2.42. The van der Waals surface area contributed by atoms with Gasteiger partial charge >= 0.3 is 0 Å². The van der Waals surface area contributed by atoms with Crippen LogP contribution in [-0.4, -0.2) is 4.98 Å². The third-order valence-corrected chi connectivity index (χ3v) is 9.43. The number of nitrogens with zero attached hydrogens (tertiary/aromatic N) is 2. The first-order valence-corrected chi connectivity index (χ1v) is 15.2. The Balaban J connectivity index is 1.23. The van der Waals surface area contributed by atoms with Gasteiger partial charge in [-0.2, -0.15) is 0 Å². The summed E-state index contributed by atoms with van der Waals surface area (Å²) in [5.74, 6) is 0. The van der Waals surface area contributed by atoms with E-state index in [1.165, 1.54) is 31.3 Å². The summed E-state index contributed by atoms with van der Waals surface area (Å²) in [5, 5.41) is 5.76. The Hall–Kier alpha value is -5.45. The summed E-state index contributed by atoms with van der Waals surface area (Å²) in [7, 11) is 0. The maximum absolute atomic E-state index is 6.53. The van der Waals surface area contributed by atoms with E-state index in [4.69, 9.17) is 9.40 Å². The van der Waals surface area contributed by atoms with Crippen LogP contribution in [0.3, 0.4) is 0 Å². The van der Waals surface area contributed by atoms with Crippen LogP contribution in [0.1, 0.15) is 0 Å². The Morgan fingerprint density at radius 2 is 1.16 bits per heavy atom. The molecule has 6 aromatic carbocycles. The van der Waals surface area contributed by atoms with Gasteiger partial charge in [0.2, 0.25) is 0 Å². The van der Waals surface area contributed by atoms with E-state index in [2.05, 4.69) is 132 Å². The molecule has 0 spiro atoms. The summed E-state index contributed by atoms with van der Waals surface area (Å²) in [4.78, 5) is 7.09. The van der Waals surface area contributed by atoms with E-state index in [0.29, 0.717) is 0 Å². The Bertz CT molecular complexity index is 2460. The summed E-state index contributed by atoms with van der Waals surface area (Å²) in [6.45, 7) is 0. The van der Waals surface area contributed by atoms with Gasteiger partial charge in [-0.25, -0.2) is 0 Å². The lowest BCUT2D eigenvalue weighted by Crippen LogP contribution is -2.09. The van der Waals surface area contributed by atoms with Gasteiger partial charge in [-0.1, -0.05) is 91.0 Å². The summed E-state index contributed by atoms with van der Waals surface area (Å²) < 4.78 is 9.10. The van der Waals surface area contributed by atoms with Crippen LogP contribution in [0.15, 0.2) is 150 Å². The normalized spacial score (nSPS) is 11.7. The molecule has 0 fully saturated rings. The predicted octanol–water partition coefficient (Wildman–Crippen LogP) is 11.6. The number of aromatic nitrogens is 1. The van der Waals surface area contributed by atoms with Crippen LogP contribution in [0.5, 0.6) is 0 Å². The fraction of sp³-hybridized carbons (Fsp3) is 0. The maximum Gasteiger partial charge on any atom is 0.161 e. The molecule has 4 heteroatoms. The van der Waals surface area contributed by atoms with Crippen molar-refractivity contribution in [1.29, 1.82) is 0 Å². The third-order valence-electron chi connectivity index (χ3n) is 8.30. The van der Waals surface area contributed by atoms with Gasteiger partial charge in [0.15, 0.2) is 5.58 Å². The Labute approximate surface area is 251 Å². The first-order valence-electron chi connectivity index (χ1n) is 14.4. The quantitative estimate of drug-likeness (QED) is 0.211. The number of rotatable bonds is 4. The van der Waals surface area contributed by atoms with E-state index in [9.17, 15) is 0 Å². The van der Waals surface area contributed by atoms with E-state index in [-0.39, 0.29) is 0 Å². The average Bonchev–Trinajstić information content (AvgIpc) is 3.63. The number of fused-ring (bicyclic) bond motifs is 8. The molecule has 0 N–H and O–H groups in total. The predicted molar refractivity (Wildman–Crippen MR) is 182 cm³/mol. The number of thiophene rings is 1. The zero-order valence-corrected chi connectivity index (χ0v) is 23.9. The van der Waals surface area contributed by atoms with Crippen LogP contribution >= 0.6 is 11.3 Å². The lowest BCUT2D eigenvalue weighted by Gasteiger charge is -2.25. The van der Waals surface area contributed by atoms with Crippen molar-refractivity contribution in [2.24, 2.45) is 0 Å². The number of anilines is 3. The number of furan rings is 1. The number of benzene rings is 6. The van der Waals surface area contributed by atoms with Crippen molar-refractivity contribution in [2.45, 2.75) is 0 Å². The monoisotopic (exact) mass is 568 g/mol. The van der Waals surface area contributed by atoms with Gasteiger partial charge in [0, 0.05) is 65.7 Å². The molecule has 0 aliphatic rings. The lowest BCUT2D eigenvalue weighted by atomic mass is 10.0. The molecule has 3 nitrogen and oxygen atoms in total. The van der Waals surface area contributed by atoms with Gasteiger partial charge < -0.3 is 9.32 Å². The minimum absolute atomic E-state index is 0.824. The van der Waals surface area contributed by atoms with Crippen molar-refractivity contribution in [3.63, 3.8) is 0 Å². The molecule has 202 valence electrons. The molecule has 9 rings (SSSR count). The fourth-order valence-corrected chi connectivity index (χ4v) is 7.35. The number of hydrogen-bond donors (Lipinski definition) is 0. The van der Waals surface area contributed by atoms with E-state index in [1.807, 2.05) is 29.7 Å². The highest BCUT2D eigenvalue weighted by atomic mass is 32.1. The average molecular weight is 569 g/mol. The highest BCUT2D eigenvalue weighted by molar-refractivity contribution is 7.25. The molecule has 0 saturated carbocycles. The molecule has 3 aromatic heterocycles. The molecule has 0 aliphatic carbocycles. The van der Waals surface area contributed by atoms with Crippen molar-refractivity contribution in [2.75, 3.05) is 4.90 Å². The molecule has 0 aliphatic heterocycles. The minimum Gasteiger partial charge on any atom is -0.454 e. The van der Waals surface area contributed by atoms with Crippen LogP contribution in [0.4, 0.5) is 17.1 Å². The van der Waals surface area contributed by atoms with Crippen LogP contribution in [0, 0.1) is 0 Å². The summed E-state index contributed by atoms with van der Waals surface area (Å²) in [5.41, 5.74) is 8.16. The first kappa shape index (κ1) is 24.2. The molecule has 9 aromatic rings. The van der Waals surface area contributed by atoms with Crippen molar-refractivity contribution < 1.29 is 4.42 Å². The largest absolute Gasteiger partial charge is 0.454 e. The van der Waals surface area contributed by atoms with Crippen LogP contribution in [-0.2, 0) is 0 Å². The lowest BCUT2D eigenvalue weighted by molar-refractivity contribution is 0.672. The van der Waals surface area contributed by atoms with Gasteiger partial charge in [-0.05, 0) is 53.6 Å². The molecule has 0 bridgehead atoms. The molecule has 0 atom stereocenters. The second kappa shape index (κ2) is 9.55. The summed E-state index contributed by atoms with van der Waals surface area (Å²) in [6, 6.07) is 49.5. The maximum atomic E-state index is 6.53. The number of pyridine rings is 1. The van der Waals surface area contributed by atoms with E-state index < -0.39 is 0 Å². The van der Waals surface area contributed by atoms with Crippen molar-refractivity contribution in [3.05, 3.63) is 146 Å². The molecule has 3 heterocycles. The standard InChI is InChI=1S/C39H24N2OS/c1-2-8-25(9-3-1)26-14-16-28(17-15-26)41(30-18-20-33-32-12-6-7-13-36(32)43-37(33)23-30)29-19-21-34-35(22-29)42-39-31-11-5-4-10-27(31)24-40-38(34)39/h1-24H. The summed E-state index contributed by atoms with van der Waals surface area (Å²) in [6.07, 6.45) is 1.93. The molecule has 0 radical (unpaired) electrons. The number of hydrogen-bond acceptors (Lipinski definition) is 4.